The second-order valence-corrected chi connectivity index (χ2v) is 13.5. The first-order chi connectivity index (χ1) is 24.1. The minimum Gasteiger partial charge on any atom is -0.310 e. The molecule has 2 heteroatoms. The van der Waals surface area contributed by atoms with Gasteiger partial charge in [0.2, 0.25) is 0 Å². The molecule has 0 atom stereocenters. The number of aromatic nitrogens is 1. The maximum Gasteiger partial charge on any atom is 0.0542 e. The first-order valence-electron chi connectivity index (χ1n) is 17.0. The molecule has 1 heterocycles. The summed E-state index contributed by atoms with van der Waals surface area (Å²) in [6, 6.07) is 61.6. The van der Waals surface area contributed by atoms with E-state index in [2.05, 4.69) is 205 Å². The molecule has 234 valence electrons. The van der Waals surface area contributed by atoms with Gasteiger partial charge < -0.3 is 9.47 Å². The van der Waals surface area contributed by atoms with Gasteiger partial charge in [0.1, 0.15) is 0 Å². The van der Waals surface area contributed by atoms with Crippen LogP contribution in [0.5, 0.6) is 0 Å². The third-order valence-corrected chi connectivity index (χ3v) is 10.2. The minimum absolute atomic E-state index is 0.0905. The van der Waals surface area contributed by atoms with Gasteiger partial charge in [0.15, 0.2) is 0 Å². The molecule has 0 N–H and O–H groups in total. The van der Waals surface area contributed by atoms with Gasteiger partial charge in [0, 0.05) is 38.9 Å². The highest BCUT2D eigenvalue weighted by Crippen LogP contribution is 2.50. The van der Waals surface area contributed by atoms with Crippen molar-refractivity contribution in [3.63, 3.8) is 0 Å². The number of benzene rings is 7. The lowest BCUT2D eigenvalue weighted by Crippen LogP contribution is -2.16. The Hall–Kier alpha value is -6.12. The van der Waals surface area contributed by atoms with Crippen molar-refractivity contribution in [2.24, 2.45) is 0 Å². The zero-order chi connectivity index (χ0) is 33.0. The van der Waals surface area contributed by atoms with Crippen molar-refractivity contribution in [3.05, 3.63) is 192 Å². The van der Waals surface area contributed by atoms with Crippen LogP contribution in [0, 0.1) is 0 Å². The zero-order valence-electron chi connectivity index (χ0n) is 27.7. The molecule has 49 heavy (non-hydrogen) atoms. The van der Waals surface area contributed by atoms with E-state index >= 15 is 0 Å². The third kappa shape index (κ3) is 4.88. The number of nitrogens with zero attached hydrogens (tertiary/aromatic N) is 2. The number of rotatable bonds is 6. The summed E-state index contributed by atoms with van der Waals surface area (Å²) in [5.41, 5.74) is 14.7. The summed E-state index contributed by atoms with van der Waals surface area (Å²) in [7, 11) is 0. The van der Waals surface area contributed by atoms with Crippen molar-refractivity contribution in [3.8, 4) is 16.8 Å². The predicted molar refractivity (Wildman–Crippen MR) is 208 cm³/mol. The zero-order valence-corrected chi connectivity index (χ0v) is 27.7. The van der Waals surface area contributed by atoms with Gasteiger partial charge >= 0.3 is 0 Å². The maximum absolute atomic E-state index is 2.41. The van der Waals surface area contributed by atoms with Crippen LogP contribution in [0.1, 0.15) is 36.1 Å². The van der Waals surface area contributed by atoms with Gasteiger partial charge in [-0.1, -0.05) is 135 Å². The molecule has 1 aliphatic carbocycles. The van der Waals surface area contributed by atoms with E-state index in [1.54, 1.807) is 0 Å². The molecule has 2 nitrogen and oxygen atoms in total. The summed E-state index contributed by atoms with van der Waals surface area (Å²) in [6.45, 7) is 4.70. The van der Waals surface area contributed by atoms with E-state index in [0.29, 0.717) is 0 Å². The molecular formula is C47H36N2. The first kappa shape index (κ1) is 29.1. The van der Waals surface area contributed by atoms with E-state index in [-0.39, 0.29) is 5.41 Å². The largest absolute Gasteiger partial charge is 0.310 e. The SMILES string of the molecule is CC1(C)c2ccccc2-c2ccc(N(c3ccc(C=Cc4ccccc4)cc3)c3ccc4c(c3)c3ccccc3n4-c3ccccc3)cc21. The van der Waals surface area contributed by atoms with E-state index in [0.717, 1.165) is 22.7 Å². The Morgan fingerprint density at radius 3 is 1.82 bits per heavy atom. The minimum atomic E-state index is -0.0905. The van der Waals surface area contributed by atoms with Crippen LogP contribution in [0.15, 0.2) is 170 Å². The monoisotopic (exact) mass is 628 g/mol. The van der Waals surface area contributed by atoms with Crippen molar-refractivity contribution in [2.75, 3.05) is 4.90 Å². The van der Waals surface area contributed by atoms with Gasteiger partial charge in [0.05, 0.1) is 11.0 Å². The fourth-order valence-electron chi connectivity index (χ4n) is 7.72. The molecule has 8 aromatic rings. The molecule has 0 spiro atoms. The van der Waals surface area contributed by atoms with Gasteiger partial charge in [-0.25, -0.2) is 0 Å². The summed E-state index contributed by atoms with van der Waals surface area (Å²) in [5.74, 6) is 0. The van der Waals surface area contributed by atoms with Gasteiger partial charge in [0.25, 0.3) is 0 Å². The number of hydrogen-bond donors (Lipinski definition) is 0. The lowest BCUT2D eigenvalue weighted by molar-refractivity contribution is 0.660. The summed E-state index contributed by atoms with van der Waals surface area (Å²) in [5, 5.41) is 2.48. The number of fused-ring (bicyclic) bond motifs is 6. The highest BCUT2D eigenvalue weighted by molar-refractivity contribution is 6.10. The fraction of sp³-hybridized carbons (Fsp3) is 0.0638. The second kappa shape index (κ2) is 11.5. The highest BCUT2D eigenvalue weighted by atomic mass is 15.1. The van der Waals surface area contributed by atoms with Gasteiger partial charge in [-0.2, -0.15) is 0 Å². The highest BCUT2D eigenvalue weighted by Gasteiger charge is 2.35. The van der Waals surface area contributed by atoms with Gasteiger partial charge in [-0.3, -0.25) is 0 Å². The van der Waals surface area contributed by atoms with Crippen LogP contribution in [0.25, 0.3) is 50.8 Å². The van der Waals surface area contributed by atoms with Crippen LogP contribution in [0.3, 0.4) is 0 Å². The molecule has 7 aromatic carbocycles. The lowest BCUT2D eigenvalue weighted by Gasteiger charge is -2.28. The van der Waals surface area contributed by atoms with E-state index in [1.807, 2.05) is 0 Å². The molecule has 0 saturated carbocycles. The second-order valence-electron chi connectivity index (χ2n) is 13.5. The maximum atomic E-state index is 2.41. The van der Waals surface area contributed by atoms with Crippen LogP contribution >= 0.6 is 0 Å². The normalized spacial score (nSPS) is 13.2. The average Bonchev–Trinajstić information content (AvgIpc) is 3.60. The number of hydrogen-bond acceptors (Lipinski definition) is 1. The number of para-hydroxylation sites is 2. The summed E-state index contributed by atoms with van der Waals surface area (Å²) >= 11 is 0. The Kier molecular flexibility index (Phi) is 6.84. The molecule has 0 amide bonds. The van der Waals surface area contributed by atoms with E-state index in [1.165, 1.54) is 55.2 Å². The van der Waals surface area contributed by atoms with Crippen LogP contribution in [-0.4, -0.2) is 4.57 Å². The van der Waals surface area contributed by atoms with Crippen molar-refractivity contribution in [1.82, 2.24) is 4.57 Å². The van der Waals surface area contributed by atoms with Crippen LogP contribution < -0.4 is 4.90 Å². The molecule has 0 radical (unpaired) electrons. The van der Waals surface area contributed by atoms with Crippen LogP contribution in [-0.2, 0) is 5.41 Å². The molecule has 1 aromatic heterocycles. The Balaban J connectivity index is 1.21. The molecule has 1 aliphatic rings. The van der Waals surface area contributed by atoms with Crippen molar-refractivity contribution in [1.29, 1.82) is 0 Å². The summed E-state index contributed by atoms with van der Waals surface area (Å²) < 4.78 is 2.38. The molecule has 0 unspecified atom stereocenters. The molecular weight excluding hydrogens is 593 g/mol. The topological polar surface area (TPSA) is 8.17 Å². The summed E-state index contributed by atoms with van der Waals surface area (Å²) in [4.78, 5) is 2.41. The smallest absolute Gasteiger partial charge is 0.0542 e. The van der Waals surface area contributed by atoms with E-state index in [4.69, 9.17) is 0 Å². The van der Waals surface area contributed by atoms with Crippen molar-refractivity contribution in [2.45, 2.75) is 19.3 Å². The predicted octanol–water partition coefficient (Wildman–Crippen LogP) is 12.7. The quantitative estimate of drug-likeness (QED) is 0.166. The van der Waals surface area contributed by atoms with Crippen molar-refractivity contribution < 1.29 is 0 Å². The van der Waals surface area contributed by atoms with Crippen molar-refractivity contribution >= 4 is 51.0 Å². The Morgan fingerprint density at radius 2 is 1.02 bits per heavy atom. The van der Waals surface area contributed by atoms with E-state index in [9.17, 15) is 0 Å². The summed E-state index contributed by atoms with van der Waals surface area (Å²) in [6.07, 6.45) is 4.35. The van der Waals surface area contributed by atoms with Gasteiger partial charge in [-0.15, -0.1) is 0 Å². The molecule has 0 fully saturated rings. The standard InChI is InChI=1S/C47H36N2/c1-47(2)43-19-11-9-17-39(43)40-29-27-38(32-44(40)47)48(36-25-23-34(24-26-36)22-21-33-13-5-3-6-14-33)37-28-30-46-42(31-37)41-18-10-12-20-45(41)49(46)35-15-7-4-8-16-35/h3-32H,1-2H3. The Morgan fingerprint density at radius 1 is 0.449 bits per heavy atom. The van der Waals surface area contributed by atoms with Crippen LogP contribution in [0.2, 0.25) is 0 Å². The third-order valence-electron chi connectivity index (χ3n) is 10.2. The lowest BCUT2D eigenvalue weighted by atomic mass is 9.82. The van der Waals surface area contributed by atoms with E-state index < -0.39 is 0 Å². The molecule has 0 saturated heterocycles. The van der Waals surface area contributed by atoms with Gasteiger partial charge in [-0.05, 0) is 94.0 Å². The molecule has 9 rings (SSSR count). The Labute approximate surface area is 287 Å². The fourth-order valence-corrected chi connectivity index (χ4v) is 7.72. The average molecular weight is 629 g/mol. The van der Waals surface area contributed by atoms with Crippen LogP contribution in [0.4, 0.5) is 17.1 Å². The molecule has 0 aliphatic heterocycles. The first-order valence-corrected chi connectivity index (χ1v) is 17.0. The number of anilines is 3. The molecule has 0 bridgehead atoms. The Bertz CT molecular complexity index is 2500.